The van der Waals surface area contributed by atoms with Crippen LogP contribution in [0.4, 0.5) is 10.1 Å². The first-order valence-corrected chi connectivity index (χ1v) is 10.4. The summed E-state index contributed by atoms with van der Waals surface area (Å²) in [5.74, 6) is -0.325. The van der Waals surface area contributed by atoms with Crippen molar-refractivity contribution in [3.63, 3.8) is 0 Å². The monoisotopic (exact) mass is 429 g/mol. The van der Waals surface area contributed by atoms with Crippen LogP contribution in [-0.2, 0) is 0 Å². The Bertz CT molecular complexity index is 1230. The highest BCUT2D eigenvalue weighted by molar-refractivity contribution is 7.80. The molecule has 0 saturated carbocycles. The fourth-order valence-corrected chi connectivity index (χ4v) is 4.53. The largest absolute Gasteiger partial charge is 0.351 e. The van der Waals surface area contributed by atoms with Crippen molar-refractivity contribution < 1.29 is 4.39 Å². The first-order chi connectivity index (χ1) is 15.1. The number of benzene rings is 1. The molecule has 31 heavy (non-hydrogen) atoms. The number of aromatic nitrogens is 3. The van der Waals surface area contributed by atoms with Crippen molar-refractivity contribution in [1.29, 1.82) is 0 Å². The van der Waals surface area contributed by atoms with Crippen molar-refractivity contribution in [1.82, 2.24) is 19.9 Å². The third-order valence-electron chi connectivity index (χ3n) is 5.52. The van der Waals surface area contributed by atoms with Gasteiger partial charge in [-0.05, 0) is 67.7 Å². The molecule has 0 bridgehead atoms. The molecular weight excluding hydrogens is 409 g/mol. The maximum Gasteiger partial charge on any atom is 0.174 e. The van der Waals surface area contributed by atoms with Crippen molar-refractivity contribution in [2.75, 3.05) is 4.90 Å². The summed E-state index contributed by atoms with van der Waals surface area (Å²) in [5.41, 5.74) is 4.22. The first kappa shape index (κ1) is 19.4. The van der Waals surface area contributed by atoms with E-state index in [1.165, 1.54) is 6.07 Å². The van der Waals surface area contributed by atoms with E-state index in [0.717, 1.165) is 22.8 Å². The van der Waals surface area contributed by atoms with Crippen molar-refractivity contribution in [2.24, 2.45) is 0 Å². The number of aryl methyl sites for hydroxylation is 1. The predicted octanol–water partition coefficient (Wildman–Crippen LogP) is 4.89. The normalized spacial score (nSPS) is 18.3. The first-order valence-electron chi connectivity index (χ1n) is 9.99. The van der Waals surface area contributed by atoms with Gasteiger partial charge in [0.05, 0.1) is 29.3 Å². The molecule has 3 aromatic heterocycles. The van der Waals surface area contributed by atoms with Crippen molar-refractivity contribution in [2.45, 2.75) is 19.0 Å². The van der Waals surface area contributed by atoms with Crippen LogP contribution in [0.2, 0.25) is 0 Å². The maximum absolute atomic E-state index is 14.9. The lowest BCUT2D eigenvalue weighted by molar-refractivity contribution is 0.540. The highest BCUT2D eigenvalue weighted by Gasteiger charge is 2.43. The average molecular weight is 430 g/mol. The Morgan fingerprint density at radius 1 is 0.968 bits per heavy atom. The van der Waals surface area contributed by atoms with Crippen LogP contribution in [0.3, 0.4) is 0 Å². The summed E-state index contributed by atoms with van der Waals surface area (Å²) in [4.78, 5) is 10.7. The molecule has 1 N–H and O–H groups in total. The second-order valence-electron chi connectivity index (χ2n) is 7.39. The molecule has 0 aliphatic carbocycles. The van der Waals surface area contributed by atoms with Crippen molar-refractivity contribution in [3.05, 3.63) is 108 Å². The number of thiocarbonyl (C=S) groups is 1. The maximum atomic E-state index is 14.9. The van der Waals surface area contributed by atoms with Gasteiger partial charge in [-0.3, -0.25) is 9.97 Å². The Morgan fingerprint density at radius 3 is 2.55 bits per heavy atom. The fourth-order valence-electron chi connectivity index (χ4n) is 4.19. The number of nitrogens with zero attached hydrogens (tertiary/aromatic N) is 4. The Hall–Kier alpha value is -3.58. The lowest BCUT2D eigenvalue weighted by atomic mass is 10.0. The second-order valence-corrected chi connectivity index (χ2v) is 7.78. The van der Waals surface area contributed by atoms with Gasteiger partial charge in [0.25, 0.3) is 0 Å². The van der Waals surface area contributed by atoms with Gasteiger partial charge in [-0.25, -0.2) is 4.39 Å². The Balaban J connectivity index is 1.72. The lowest BCUT2D eigenvalue weighted by Gasteiger charge is -2.29. The molecule has 1 aromatic carbocycles. The van der Waals surface area contributed by atoms with E-state index in [4.69, 9.17) is 12.2 Å². The molecule has 2 unspecified atom stereocenters. The van der Waals surface area contributed by atoms with Crippen LogP contribution in [0.1, 0.15) is 29.2 Å². The average Bonchev–Trinajstić information content (AvgIpc) is 3.35. The molecule has 0 radical (unpaired) electrons. The van der Waals surface area contributed by atoms with E-state index in [-0.39, 0.29) is 17.9 Å². The highest BCUT2D eigenvalue weighted by atomic mass is 32.1. The number of nitrogens with one attached hydrogen (secondary N) is 1. The van der Waals surface area contributed by atoms with Gasteiger partial charge in [0.1, 0.15) is 11.9 Å². The minimum atomic E-state index is -0.325. The van der Waals surface area contributed by atoms with Gasteiger partial charge in [-0.15, -0.1) is 0 Å². The Kier molecular flexibility index (Phi) is 4.95. The zero-order valence-electron chi connectivity index (χ0n) is 16.8. The molecule has 4 aromatic rings. The smallest absolute Gasteiger partial charge is 0.174 e. The van der Waals surface area contributed by atoms with E-state index < -0.39 is 0 Å². The van der Waals surface area contributed by atoms with Gasteiger partial charge in [-0.2, -0.15) is 0 Å². The highest BCUT2D eigenvalue weighted by Crippen LogP contribution is 2.43. The number of anilines is 1. The molecule has 5 nitrogen and oxygen atoms in total. The topological polar surface area (TPSA) is 46.0 Å². The summed E-state index contributed by atoms with van der Waals surface area (Å²) in [5, 5.41) is 3.84. The molecule has 1 aliphatic rings. The number of pyridine rings is 2. The molecular formula is C24H20FN5S. The molecule has 0 amide bonds. The third kappa shape index (κ3) is 3.37. The number of halogens is 1. The van der Waals surface area contributed by atoms with Crippen LogP contribution in [0.15, 0.2) is 85.3 Å². The molecule has 2 atom stereocenters. The van der Waals surface area contributed by atoms with Gasteiger partial charge in [-0.1, -0.05) is 18.2 Å². The molecule has 1 aliphatic heterocycles. The van der Waals surface area contributed by atoms with Gasteiger partial charge in [0.15, 0.2) is 5.11 Å². The number of para-hydroxylation sites is 1. The Morgan fingerprint density at radius 2 is 1.81 bits per heavy atom. The number of rotatable bonds is 4. The summed E-state index contributed by atoms with van der Waals surface area (Å²) in [7, 11) is 0. The van der Waals surface area contributed by atoms with E-state index in [1.807, 2.05) is 54.4 Å². The molecule has 5 rings (SSSR count). The molecule has 1 saturated heterocycles. The summed E-state index contributed by atoms with van der Waals surface area (Å²) in [6.07, 6.45) is 5.32. The lowest BCUT2D eigenvalue weighted by Crippen LogP contribution is -2.31. The van der Waals surface area contributed by atoms with Crippen LogP contribution >= 0.6 is 12.2 Å². The molecule has 4 heterocycles. The van der Waals surface area contributed by atoms with Crippen LogP contribution in [0.25, 0.3) is 5.69 Å². The van der Waals surface area contributed by atoms with Gasteiger partial charge in [0.2, 0.25) is 0 Å². The van der Waals surface area contributed by atoms with Crippen LogP contribution in [0, 0.1) is 12.7 Å². The number of hydrogen-bond donors (Lipinski definition) is 1. The predicted molar refractivity (Wildman–Crippen MR) is 123 cm³/mol. The van der Waals surface area contributed by atoms with Gasteiger partial charge < -0.3 is 14.8 Å². The minimum Gasteiger partial charge on any atom is -0.351 e. The van der Waals surface area contributed by atoms with Crippen LogP contribution in [0.5, 0.6) is 0 Å². The van der Waals surface area contributed by atoms with Crippen LogP contribution in [-0.4, -0.2) is 19.6 Å². The van der Waals surface area contributed by atoms with E-state index >= 15 is 0 Å². The van der Waals surface area contributed by atoms with Crippen molar-refractivity contribution >= 4 is 23.0 Å². The zero-order chi connectivity index (χ0) is 21.4. The van der Waals surface area contributed by atoms with E-state index in [0.29, 0.717) is 10.8 Å². The van der Waals surface area contributed by atoms with Crippen molar-refractivity contribution in [3.8, 4) is 5.69 Å². The molecule has 0 spiro atoms. The molecule has 7 heteroatoms. The Labute approximate surface area is 185 Å². The second kappa shape index (κ2) is 7.92. The van der Waals surface area contributed by atoms with Gasteiger partial charge in [0, 0.05) is 23.8 Å². The molecule has 1 fully saturated rings. The van der Waals surface area contributed by atoms with Gasteiger partial charge >= 0.3 is 0 Å². The summed E-state index contributed by atoms with van der Waals surface area (Å²) < 4.78 is 17.0. The zero-order valence-corrected chi connectivity index (χ0v) is 17.6. The minimum absolute atomic E-state index is 0.252. The van der Waals surface area contributed by atoms with E-state index in [2.05, 4.69) is 32.0 Å². The van der Waals surface area contributed by atoms with E-state index in [9.17, 15) is 4.39 Å². The quantitative estimate of drug-likeness (QED) is 0.468. The summed E-state index contributed by atoms with van der Waals surface area (Å²) in [6.45, 7) is 2.04. The van der Waals surface area contributed by atoms with Crippen LogP contribution < -0.4 is 10.2 Å². The molecule has 154 valence electrons. The fraction of sp³-hybridized carbons (Fsp3) is 0.125. The summed E-state index contributed by atoms with van der Waals surface area (Å²) in [6, 6.07) is 19.9. The van der Waals surface area contributed by atoms with E-state index in [1.54, 1.807) is 24.5 Å². The summed E-state index contributed by atoms with van der Waals surface area (Å²) >= 11 is 5.70. The number of hydrogen-bond acceptors (Lipinski definition) is 3. The SMILES string of the molecule is Cc1ccc(C2C(c3ccccn3)NC(=S)N2c2ccccc2F)n1-c1cccnc1. The third-order valence-corrected chi connectivity index (χ3v) is 5.84. The standard InChI is InChI=1S/C24H20FN5S/c1-16-11-12-21(29(16)17-7-6-13-26-15-17)23-22(19-9-4-5-14-27-19)28-24(31)30(23)20-10-3-2-8-18(20)25/h2-15,22-23H,1H3,(H,28,31).